The summed E-state index contributed by atoms with van der Waals surface area (Å²) in [6, 6.07) is 8.54. The minimum atomic E-state index is -0.705. The summed E-state index contributed by atoms with van der Waals surface area (Å²) < 4.78 is 0. The van der Waals surface area contributed by atoms with E-state index in [1.54, 1.807) is 0 Å². The molecule has 0 radical (unpaired) electrons. The lowest BCUT2D eigenvalue weighted by Crippen LogP contribution is -2.47. The van der Waals surface area contributed by atoms with Gasteiger partial charge in [0.15, 0.2) is 0 Å². The zero-order chi connectivity index (χ0) is 14.0. The molecule has 0 spiro atoms. The maximum atomic E-state index is 11.4. The van der Waals surface area contributed by atoms with Crippen molar-refractivity contribution in [2.24, 2.45) is 0 Å². The summed E-state index contributed by atoms with van der Waals surface area (Å²) >= 11 is 0. The molecule has 19 heavy (non-hydrogen) atoms. The summed E-state index contributed by atoms with van der Waals surface area (Å²) in [4.78, 5) is 13.5. The van der Waals surface area contributed by atoms with E-state index in [4.69, 9.17) is 0 Å². The number of rotatable bonds is 4. The molecule has 0 aliphatic carbocycles. The first kappa shape index (κ1) is 14.1. The first-order valence-electron chi connectivity index (χ1n) is 7.01. The molecule has 1 aliphatic heterocycles. The van der Waals surface area contributed by atoms with Crippen LogP contribution in [0.4, 0.5) is 0 Å². The van der Waals surface area contributed by atoms with E-state index in [-0.39, 0.29) is 0 Å². The van der Waals surface area contributed by atoms with E-state index >= 15 is 0 Å². The second-order valence-electron chi connectivity index (χ2n) is 6.00. The average molecular weight is 261 g/mol. The maximum absolute atomic E-state index is 11.4. The topological polar surface area (TPSA) is 40.5 Å². The van der Waals surface area contributed by atoms with Crippen LogP contribution in [0.3, 0.4) is 0 Å². The summed E-state index contributed by atoms with van der Waals surface area (Å²) in [6.07, 6.45) is 1.71. The molecule has 1 atom stereocenters. The van der Waals surface area contributed by atoms with Gasteiger partial charge in [0, 0.05) is 6.54 Å². The fourth-order valence-corrected chi connectivity index (χ4v) is 2.74. The highest BCUT2D eigenvalue weighted by Crippen LogP contribution is 2.30. The number of hydrogen-bond acceptors (Lipinski definition) is 2. The van der Waals surface area contributed by atoms with E-state index in [2.05, 4.69) is 43.0 Å². The van der Waals surface area contributed by atoms with Crippen molar-refractivity contribution in [1.82, 2.24) is 4.90 Å². The lowest BCUT2D eigenvalue weighted by Gasteiger charge is -2.31. The first-order chi connectivity index (χ1) is 8.93. The Morgan fingerprint density at radius 2 is 2.00 bits per heavy atom. The average Bonchev–Trinajstić information content (AvgIpc) is 2.73. The van der Waals surface area contributed by atoms with Gasteiger partial charge in [0.05, 0.1) is 0 Å². The third-order valence-corrected chi connectivity index (χ3v) is 4.27. The van der Waals surface area contributed by atoms with Crippen LogP contribution in [-0.4, -0.2) is 28.1 Å². The van der Waals surface area contributed by atoms with Crippen LogP contribution in [0.2, 0.25) is 0 Å². The Bertz CT molecular complexity index is 452. The summed E-state index contributed by atoms with van der Waals surface area (Å²) in [5.41, 5.74) is 1.82. The molecule has 0 saturated carbocycles. The monoisotopic (exact) mass is 261 g/mol. The molecule has 3 nitrogen and oxygen atoms in total. The molecular formula is C16H23NO2. The third-order valence-electron chi connectivity index (χ3n) is 4.27. The molecule has 1 aromatic rings. The molecule has 1 heterocycles. The zero-order valence-electron chi connectivity index (χ0n) is 12.0. The van der Waals surface area contributed by atoms with Gasteiger partial charge < -0.3 is 5.11 Å². The summed E-state index contributed by atoms with van der Waals surface area (Å²) in [5.74, 6) is -0.172. The number of aliphatic carboxylic acids is 1. The van der Waals surface area contributed by atoms with Gasteiger partial charge in [-0.2, -0.15) is 0 Å². The number of carboxylic acids is 1. The molecule has 0 bridgehead atoms. The highest BCUT2D eigenvalue weighted by atomic mass is 16.4. The van der Waals surface area contributed by atoms with Crippen LogP contribution in [0, 0.1) is 0 Å². The Kier molecular flexibility index (Phi) is 3.95. The van der Waals surface area contributed by atoms with Gasteiger partial charge in [0.1, 0.15) is 5.54 Å². The molecule has 1 N–H and O–H groups in total. The predicted octanol–water partition coefficient (Wildman–Crippen LogP) is 3.25. The largest absolute Gasteiger partial charge is 0.480 e. The molecule has 1 saturated heterocycles. The van der Waals surface area contributed by atoms with Crippen LogP contribution in [0.1, 0.15) is 50.7 Å². The maximum Gasteiger partial charge on any atom is 0.323 e. The molecule has 0 aromatic heterocycles. The van der Waals surface area contributed by atoms with Gasteiger partial charge >= 0.3 is 5.97 Å². The molecule has 1 aromatic carbocycles. The molecule has 1 fully saturated rings. The van der Waals surface area contributed by atoms with Crippen molar-refractivity contribution in [2.75, 3.05) is 6.54 Å². The van der Waals surface area contributed by atoms with Gasteiger partial charge in [0.2, 0.25) is 0 Å². The Morgan fingerprint density at radius 3 is 2.53 bits per heavy atom. The number of likely N-dealkylation sites (tertiary alicyclic amines) is 1. The number of carbonyl (C=O) groups is 1. The minimum Gasteiger partial charge on any atom is -0.480 e. The van der Waals surface area contributed by atoms with Crippen LogP contribution in [0.5, 0.6) is 0 Å². The van der Waals surface area contributed by atoms with E-state index in [1.807, 2.05) is 6.92 Å². The lowest BCUT2D eigenvalue weighted by atomic mass is 9.98. The van der Waals surface area contributed by atoms with Gasteiger partial charge in [-0.1, -0.05) is 38.1 Å². The van der Waals surface area contributed by atoms with Crippen molar-refractivity contribution in [3.05, 3.63) is 35.4 Å². The summed E-state index contributed by atoms with van der Waals surface area (Å²) in [6.45, 7) is 7.79. The fraction of sp³-hybridized carbons (Fsp3) is 0.562. The van der Waals surface area contributed by atoms with Gasteiger partial charge in [-0.05, 0) is 43.4 Å². The molecule has 3 heteroatoms. The third kappa shape index (κ3) is 2.81. The van der Waals surface area contributed by atoms with Gasteiger partial charge in [-0.25, -0.2) is 0 Å². The first-order valence-corrected chi connectivity index (χ1v) is 7.01. The summed E-state index contributed by atoms with van der Waals surface area (Å²) in [7, 11) is 0. The SMILES string of the molecule is CC(C)c1ccc(CN2CCCC2(C)C(=O)O)cc1. The van der Waals surface area contributed by atoms with E-state index in [0.717, 1.165) is 25.9 Å². The zero-order valence-corrected chi connectivity index (χ0v) is 12.0. The normalized spacial score (nSPS) is 24.0. The summed E-state index contributed by atoms with van der Waals surface area (Å²) in [5, 5.41) is 9.40. The lowest BCUT2D eigenvalue weighted by molar-refractivity contribution is -0.148. The van der Waals surface area contributed by atoms with Crippen LogP contribution < -0.4 is 0 Å². The Balaban J connectivity index is 2.10. The van der Waals surface area contributed by atoms with Crippen molar-refractivity contribution in [3.8, 4) is 0 Å². The Morgan fingerprint density at radius 1 is 1.37 bits per heavy atom. The number of carboxylic acid groups (broad SMARTS) is 1. The predicted molar refractivity (Wildman–Crippen MR) is 76.2 cm³/mol. The smallest absolute Gasteiger partial charge is 0.323 e. The second kappa shape index (κ2) is 5.33. The van der Waals surface area contributed by atoms with Crippen LogP contribution in [0.25, 0.3) is 0 Å². The van der Waals surface area contributed by atoms with E-state index in [9.17, 15) is 9.90 Å². The number of nitrogens with zero attached hydrogens (tertiary/aromatic N) is 1. The van der Waals surface area contributed by atoms with Gasteiger partial charge in [0.25, 0.3) is 0 Å². The van der Waals surface area contributed by atoms with Gasteiger partial charge in [-0.3, -0.25) is 9.69 Å². The van der Waals surface area contributed by atoms with E-state index in [1.165, 1.54) is 11.1 Å². The Labute approximate surface area is 115 Å². The van der Waals surface area contributed by atoms with Crippen LogP contribution >= 0.6 is 0 Å². The van der Waals surface area contributed by atoms with Gasteiger partial charge in [-0.15, -0.1) is 0 Å². The van der Waals surface area contributed by atoms with E-state index < -0.39 is 11.5 Å². The highest BCUT2D eigenvalue weighted by molar-refractivity contribution is 5.78. The van der Waals surface area contributed by atoms with Crippen molar-refractivity contribution in [3.63, 3.8) is 0 Å². The molecule has 1 unspecified atom stereocenters. The standard InChI is InChI=1S/C16H23NO2/c1-12(2)14-7-5-13(6-8-14)11-17-10-4-9-16(17,3)15(18)19/h5-8,12H,4,9-11H2,1-3H3,(H,18,19). The molecule has 2 rings (SSSR count). The minimum absolute atomic E-state index is 0.533. The number of hydrogen-bond donors (Lipinski definition) is 1. The molecule has 104 valence electrons. The fourth-order valence-electron chi connectivity index (χ4n) is 2.74. The Hall–Kier alpha value is -1.35. The molecule has 1 aliphatic rings. The quantitative estimate of drug-likeness (QED) is 0.904. The van der Waals surface area contributed by atoms with E-state index in [0.29, 0.717) is 5.92 Å². The van der Waals surface area contributed by atoms with Crippen LogP contribution in [-0.2, 0) is 11.3 Å². The van der Waals surface area contributed by atoms with Crippen LogP contribution in [0.15, 0.2) is 24.3 Å². The number of benzene rings is 1. The molecular weight excluding hydrogens is 238 g/mol. The molecule has 0 amide bonds. The van der Waals surface area contributed by atoms with Crippen molar-refractivity contribution in [1.29, 1.82) is 0 Å². The van der Waals surface area contributed by atoms with Crippen molar-refractivity contribution < 1.29 is 9.90 Å². The second-order valence-corrected chi connectivity index (χ2v) is 6.00. The van der Waals surface area contributed by atoms with Crippen molar-refractivity contribution in [2.45, 2.75) is 51.6 Å². The van der Waals surface area contributed by atoms with Crippen molar-refractivity contribution >= 4 is 5.97 Å². The highest BCUT2D eigenvalue weighted by Gasteiger charge is 2.42.